The van der Waals surface area contributed by atoms with Gasteiger partial charge < -0.3 is 4.43 Å². The van der Waals surface area contributed by atoms with Gasteiger partial charge in [0.05, 0.1) is 0 Å². The molecule has 1 nitrogen and oxygen atoms in total. The van der Waals surface area contributed by atoms with E-state index in [1.54, 1.807) is 0 Å². The smallest absolute Gasteiger partial charge is 0.189 e. The second-order valence-electron chi connectivity index (χ2n) is 9.03. The second kappa shape index (κ2) is 15.3. The molecule has 0 N–H and O–H groups in total. The Kier molecular flexibility index (Phi) is 14.2. The van der Waals surface area contributed by atoms with E-state index >= 15 is 0 Å². The molecule has 0 aromatic heterocycles. The zero-order valence-electron chi connectivity index (χ0n) is 17.9. The molecule has 1 rings (SSSR count). The highest BCUT2D eigenvalue weighted by Gasteiger charge is 2.34. The molecule has 0 aromatic carbocycles. The van der Waals surface area contributed by atoms with Crippen LogP contribution in [0, 0.1) is 0 Å². The van der Waals surface area contributed by atoms with Crippen LogP contribution in [0.15, 0.2) is 0 Å². The van der Waals surface area contributed by atoms with Crippen LogP contribution in [-0.4, -0.2) is 14.9 Å². The van der Waals surface area contributed by atoms with Crippen molar-refractivity contribution in [3.8, 4) is 0 Å². The van der Waals surface area contributed by atoms with Gasteiger partial charge in [0, 0.05) is 6.61 Å². The van der Waals surface area contributed by atoms with Crippen LogP contribution in [0.1, 0.15) is 122 Å². The molecule has 0 bridgehead atoms. The van der Waals surface area contributed by atoms with Gasteiger partial charge in [-0.15, -0.1) is 0 Å². The van der Waals surface area contributed by atoms with Gasteiger partial charge in [0.15, 0.2) is 8.32 Å². The summed E-state index contributed by atoms with van der Waals surface area (Å²) in [6.45, 7) is 8.26. The maximum Gasteiger partial charge on any atom is 0.189 e. The van der Waals surface area contributed by atoms with E-state index in [0.29, 0.717) is 0 Å². The van der Waals surface area contributed by atoms with Crippen molar-refractivity contribution in [1.82, 2.24) is 0 Å². The van der Waals surface area contributed by atoms with Crippen molar-refractivity contribution in [2.45, 2.75) is 141 Å². The Labute approximate surface area is 160 Å². The summed E-state index contributed by atoms with van der Waals surface area (Å²) in [4.78, 5) is 0. The van der Waals surface area contributed by atoms with Crippen molar-refractivity contribution in [3.05, 3.63) is 0 Å². The van der Waals surface area contributed by atoms with Crippen molar-refractivity contribution < 1.29 is 4.43 Å². The predicted molar refractivity (Wildman–Crippen MR) is 116 cm³/mol. The van der Waals surface area contributed by atoms with Crippen LogP contribution in [0.25, 0.3) is 0 Å². The van der Waals surface area contributed by atoms with Crippen molar-refractivity contribution >= 4 is 8.32 Å². The maximum atomic E-state index is 6.41. The summed E-state index contributed by atoms with van der Waals surface area (Å²) in [6, 6.07) is 0. The Balaban J connectivity index is 1.82. The molecule has 0 heterocycles. The van der Waals surface area contributed by atoms with Crippen molar-refractivity contribution in [2.24, 2.45) is 0 Å². The molecule has 0 aliphatic heterocycles. The summed E-state index contributed by atoms with van der Waals surface area (Å²) in [5, 5.41) is 0. The van der Waals surface area contributed by atoms with E-state index < -0.39 is 8.32 Å². The molecule has 1 aliphatic carbocycles. The molecule has 0 amide bonds. The van der Waals surface area contributed by atoms with Gasteiger partial charge in [0.2, 0.25) is 0 Å². The van der Waals surface area contributed by atoms with E-state index in [1.165, 1.54) is 116 Å². The lowest BCUT2D eigenvalue weighted by Gasteiger charge is -2.34. The molecule has 0 atom stereocenters. The quantitative estimate of drug-likeness (QED) is 0.196. The van der Waals surface area contributed by atoms with Gasteiger partial charge in [-0.2, -0.15) is 0 Å². The van der Waals surface area contributed by atoms with Gasteiger partial charge in [-0.05, 0) is 25.1 Å². The van der Waals surface area contributed by atoms with Gasteiger partial charge in [-0.1, -0.05) is 116 Å². The van der Waals surface area contributed by atoms with Crippen LogP contribution in [0.4, 0.5) is 0 Å². The summed E-state index contributed by atoms with van der Waals surface area (Å²) >= 11 is 0. The van der Waals surface area contributed by atoms with Gasteiger partial charge in [-0.25, -0.2) is 0 Å². The zero-order chi connectivity index (χ0) is 18.2. The lowest BCUT2D eigenvalue weighted by atomic mass is 10.0. The van der Waals surface area contributed by atoms with E-state index in [0.717, 1.165) is 12.1 Å². The Morgan fingerprint density at radius 2 is 1.08 bits per heavy atom. The SMILES string of the molecule is CCCCCCCCCCCCCCCO[Si](C)(C)C1CCCCC1. The third-order valence-electron chi connectivity index (χ3n) is 6.31. The normalized spacial score (nSPS) is 16.4. The lowest BCUT2D eigenvalue weighted by molar-refractivity contribution is 0.277. The van der Waals surface area contributed by atoms with Crippen LogP contribution in [-0.2, 0) is 4.43 Å². The molecular weight excluding hydrogens is 320 g/mol. The number of rotatable bonds is 16. The fraction of sp³-hybridized carbons (Fsp3) is 1.00. The highest BCUT2D eigenvalue weighted by atomic mass is 28.4. The minimum Gasteiger partial charge on any atom is -0.417 e. The second-order valence-corrected chi connectivity index (χ2v) is 13.3. The van der Waals surface area contributed by atoms with Crippen molar-refractivity contribution in [2.75, 3.05) is 6.61 Å². The lowest BCUT2D eigenvalue weighted by Crippen LogP contribution is -2.38. The van der Waals surface area contributed by atoms with Crippen LogP contribution in [0.3, 0.4) is 0 Å². The topological polar surface area (TPSA) is 9.23 Å². The van der Waals surface area contributed by atoms with E-state index in [2.05, 4.69) is 20.0 Å². The number of hydrogen-bond donors (Lipinski definition) is 0. The summed E-state index contributed by atoms with van der Waals surface area (Å²) in [5.41, 5.74) is 0.934. The standard InChI is InChI=1S/C23H48OSi/c1-4-5-6-7-8-9-10-11-12-13-14-15-19-22-24-25(2,3)23-20-17-16-18-21-23/h23H,4-22H2,1-3H3. The van der Waals surface area contributed by atoms with Gasteiger partial charge >= 0.3 is 0 Å². The van der Waals surface area contributed by atoms with Gasteiger partial charge in [0.25, 0.3) is 0 Å². The van der Waals surface area contributed by atoms with Gasteiger partial charge in [0.1, 0.15) is 0 Å². The number of hydrogen-bond acceptors (Lipinski definition) is 1. The molecule has 2 heteroatoms. The van der Waals surface area contributed by atoms with Crippen molar-refractivity contribution in [3.63, 3.8) is 0 Å². The van der Waals surface area contributed by atoms with Crippen LogP contribution < -0.4 is 0 Å². The fourth-order valence-electron chi connectivity index (χ4n) is 4.37. The molecule has 1 saturated carbocycles. The number of unbranched alkanes of at least 4 members (excludes halogenated alkanes) is 12. The Hall–Kier alpha value is 0.177. The third kappa shape index (κ3) is 12.2. The third-order valence-corrected chi connectivity index (χ3v) is 9.80. The molecule has 25 heavy (non-hydrogen) atoms. The Morgan fingerprint density at radius 3 is 1.56 bits per heavy atom. The average Bonchev–Trinajstić information content (AvgIpc) is 2.63. The van der Waals surface area contributed by atoms with Crippen LogP contribution in [0.5, 0.6) is 0 Å². The first kappa shape index (κ1) is 23.2. The Morgan fingerprint density at radius 1 is 0.640 bits per heavy atom. The predicted octanol–water partition coefficient (Wildman–Crippen LogP) is 8.63. The zero-order valence-corrected chi connectivity index (χ0v) is 18.9. The van der Waals surface area contributed by atoms with E-state index in [4.69, 9.17) is 4.43 Å². The Bertz CT molecular complexity index is 284. The largest absolute Gasteiger partial charge is 0.417 e. The molecule has 1 fully saturated rings. The van der Waals surface area contributed by atoms with Gasteiger partial charge in [-0.3, -0.25) is 0 Å². The molecular formula is C23H48OSi. The maximum absolute atomic E-state index is 6.41. The molecule has 0 spiro atoms. The van der Waals surface area contributed by atoms with E-state index in [1.807, 2.05) is 0 Å². The monoisotopic (exact) mass is 368 g/mol. The molecule has 0 saturated heterocycles. The summed E-state index contributed by atoms with van der Waals surface area (Å²) < 4.78 is 6.41. The first-order valence-electron chi connectivity index (χ1n) is 11.8. The summed E-state index contributed by atoms with van der Waals surface area (Å²) in [6.07, 6.45) is 25.8. The molecule has 1 aliphatic rings. The minimum absolute atomic E-state index is 0.934. The molecule has 0 unspecified atom stereocenters. The average molecular weight is 369 g/mol. The highest BCUT2D eigenvalue weighted by molar-refractivity contribution is 6.72. The highest BCUT2D eigenvalue weighted by Crippen LogP contribution is 2.37. The summed E-state index contributed by atoms with van der Waals surface area (Å²) in [7, 11) is -1.41. The van der Waals surface area contributed by atoms with Crippen LogP contribution in [0.2, 0.25) is 18.6 Å². The minimum atomic E-state index is -1.41. The molecule has 0 radical (unpaired) electrons. The molecule has 150 valence electrons. The first-order valence-corrected chi connectivity index (χ1v) is 14.8. The first-order chi connectivity index (χ1) is 12.2. The summed E-state index contributed by atoms with van der Waals surface area (Å²) in [5.74, 6) is 0. The molecule has 0 aromatic rings. The van der Waals surface area contributed by atoms with E-state index in [-0.39, 0.29) is 0 Å². The van der Waals surface area contributed by atoms with Crippen molar-refractivity contribution in [1.29, 1.82) is 0 Å². The fourth-order valence-corrected chi connectivity index (χ4v) is 7.08. The van der Waals surface area contributed by atoms with E-state index in [9.17, 15) is 0 Å². The van der Waals surface area contributed by atoms with Crippen LogP contribution >= 0.6 is 0 Å².